The van der Waals surface area contributed by atoms with Crippen molar-refractivity contribution in [3.8, 4) is 28.5 Å². The zero-order valence-electron chi connectivity index (χ0n) is 20.0. The predicted molar refractivity (Wildman–Crippen MR) is 132 cm³/mol. The molecule has 3 aromatic rings. The molecule has 4 rings (SSSR count). The zero-order chi connectivity index (χ0) is 23.4. The number of para-hydroxylation sites is 1. The quantitative estimate of drug-likeness (QED) is 0.421. The summed E-state index contributed by atoms with van der Waals surface area (Å²) in [5.74, 6) is 2.24. The van der Waals surface area contributed by atoms with Crippen LogP contribution in [0.15, 0.2) is 46.8 Å². The Kier molecular flexibility index (Phi) is 7.40. The summed E-state index contributed by atoms with van der Waals surface area (Å²) in [6, 6.07) is 12.3. The molecule has 1 saturated heterocycles. The van der Waals surface area contributed by atoms with Crippen molar-refractivity contribution in [3.63, 3.8) is 0 Å². The molecule has 1 aliphatic rings. The van der Waals surface area contributed by atoms with Crippen molar-refractivity contribution in [3.05, 3.63) is 52.1 Å². The van der Waals surface area contributed by atoms with Crippen LogP contribution in [0.5, 0.6) is 17.2 Å². The number of thiazole rings is 1. The number of hydrogen-bond donors (Lipinski definition) is 0. The molecular formula is C26H32N2O4S. The van der Waals surface area contributed by atoms with E-state index >= 15 is 0 Å². The van der Waals surface area contributed by atoms with Crippen molar-refractivity contribution in [1.82, 2.24) is 4.57 Å². The number of methoxy groups -OCH3 is 3. The van der Waals surface area contributed by atoms with Crippen LogP contribution in [0.4, 0.5) is 5.69 Å². The first-order chi connectivity index (χ1) is 16.0. The van der Waals surface area contributed by atoms with Crippen LogP contribution < -0.4 is 19.0 Å². The summed E-state index contributed by atoms with van der Waals surface area (Å²) in [7, 11) is 4.89. The van der Waals surface area contributed by atoms with Gasteiger partial charge in [-0.15, -0.1) is 11.3 Å². The van der Waals surface area contributed by atoms with Crippen molar-refractivity contribution in [1.29, 1.82) is 0 Å². The highest BCUT2D eigenvalue weighted by Crippen LogP contribution is 2.41. The molecule has 0 saturated carbocycles. The van der Waals surface area contributed by atoms with Crippen molar-refractivity contribution < 1.29 is 18.9 Å². The molecule has 2 aromatic carbocycles. The third-order valence-corrected chi connectivity index (χ3v) is 6.81. The van der Waals surface area contributed by atoms with Crippen molar-refractivity contribution >= 4 is 17.0 Å². The Morgan fingerprint density at radius 3 is 2.42 bits per heavy atom. The van der Waals surface area contributed by atoms with Crippen LogP contribution in [0.1, 0.15) is 38.2 Å². The van der Waals surface area contributed by atoms with Gasteiger partial charge in [0, 0.05) is 17.6 Å². The molecule has 0 N–H and O–H groups in total. The van der Waals surface area contributed by atoms with E-state index in [0.717, 1.165) is 47.7 Å². The molecule has 1 atom stereocenters. The SMILES string of the molecule is COc1cc(-c2csc(=Nc3ccccc3C(C)C)n2CC2CCCO2)cc(OC)c1OC. The number of benzene rings is 2. The Morgan fingerprint density at radius 2 is 1.82 bits per heavy atom. The third-order valence-electron chi connectivity index (χ3n) is 5.94. The summed E-state index contributed by atoms with van der Waals surface area (Å²) < 4.78 is 25.0. The highest BCUT2D eigenvalue weighted by Gasteiger charge is 2.21. The molecule has 2 heterocycles. The summed E-state index contributed by atoms with van der Waals surface area (Å²) in [6.45, 7) is 5.96. The maximum Gasteiger partial charge on any atom is 0.203 e. The van der Waals surface area contributed by atoms with E-state index in [1.165, 1.54) is 5.56 Å². The minimum absolute atomic E-state index is 0.180. The topological polar surface area (TPSA) is 54.2 Å². The van der Waals surface area contributed by atoms with Gasteiger partial charge in [0.2, 0.25) is 5.75 Å². The van der Waals surface area contributed by atoms with Crippen molar-refractivity contribution in [2.75, 3.05) is 27.9 Å². The molecule has 0 bridgehead atoms. The number of rotatable bonds is 8. The molecule has 7 heteroatoms. The molecule has 1 aromatic heterocycles. The molecule has 0 amide bonds. The number of nitrogens with zero attached hydrogens (tertiary/aromatic N) is 2. The molecule has 0 aliphatic carbocycles. The summed E-state index contributed by atoms with van der Waals surface area (Å²) >= 11 is 1.63. The second-order valence-electron chi connectivity index (χ2n) is 8.39. The summed E-state index contributed by atoms with van der Waals surface area (Å²) in [4.78, 5) is 6.05. The maximum atomic E-state index is 5.98. The van der Waals surface area contributed by atoms with Crippen LogP contribution >= 0.6 is 11.3 Å². The van der Waals surface area contributed by atoms with Gasteiger partial charge in [-0.05, 0) is 42.5 Å². The maximum absolute atomic E-state index is 5.98. The number of hydrogen-bond acceptors (Lipinski definition) is 6. The Morgan fingerprint density at radius 1 is 1.09 bits per heavy atom. The van der Waals surface area contributed by atoms with Crippen LogP contribution in [-0.4, -0.2) is 38.6 Å². The van der Waals surface area contributed by atoms with Crippen LogP contribution in [0.25, 0.3) is 11.3 Å². The lowest BCUT2D eigenvalue weighted by molar-refractivity contribution is 0.0968. The Bertz CT molecular complexity index is 1130. The second kappa shape index (κ2) is 10.4. The summed E-state index contributed by atoms with van der Waals surface area (Å²) in [5.41, 5.74) is 4.28. The van der Waals surface area contributed by atoms with Crippen LogP contribution in [0.3, 0.4) is 0 Å². The Labute approximate surface area is 199 Å². The lowest BCUT2D eigenvalue weighted by Crippen LogP contribution is -2.24. The first kappa shape index (κ1) is 23.4. The smallest absolute Gasteiger partial charge is 0.203 e. The van der Waals surface area contributed by atoms with Gasteiger partial charge in [-0.3, -0.25) is 0 Å². The zero-order valence-corrected chi connectivity index (χ0v) is 20.8. The molecule has 176 valence electrons. The van der Waals surface area contributed by atoms with E-state index in [4.69, 9.17) is 23.9 Å². The molecule has 1 fully saturated rings. The minimum Gasteiger partial charge on any atom is -0.493 e. The Balaban J connectivity index is 1.88. The third kappa shape index (κ3) is 4.94. The average molecular weight is 469 g/mol. The van der Waals surface area contributed by atoms with Gasteiger partial charge in [-0.1, -0.05) is 32.0 Å². The van der Waals surface area contributed by atoms with E-state index in [9.17, 15) is 0 Å². The average Bonchev–Trinajstić information content (AvgIpc) is 3.49. The van der Waals surface area contributed by atoms with E-state index in [1.807, 2.05) is 18.2 Å². The largest absolute Gasteiger partial charge is 0.493 e. The summed E-state index contributed by atoms with van der Waals surface area (Å²) in [6.07, 6.45) is 2.33. The Hall–Kier alpha value is -2.77. The predicted octanol–water partition coefficient (Wildman–Crippen LogP) is 5.78. The fraction of sp³-hybridized carbons (Fsp3) is 0.423. The van der Waals surface area contributed by atoms with Crippen LogP contribution in [0.2, 0.25) is 0 Å². The molecule has 0 radical (unpaired) electrons. The highest BCUT2D eigenvalue weighted by atomic mass is 32.1. The summed E-state index contributed by atoms with van der Waals surface area (Å²) in [5, 5.41) is 2.15. The number of aromatic nitrogens is 1. The van der Waals surface area contributed by atoms with E-state index in [1.54, 1.807) is 32.7 Å². The van der Waals surface area contributed by atoms with Crippen LogP contribution in [0, 0.1) is 0 Å². The fourth-order valence-electron chi connectivity index (χ4n) is 4.23. The van der Waals surface area contributed by atoms with Gasteiger partial charge < -0.3 is 23.5 Å². The molecule has 0 spiro atoms. The van der Waals surface area contributed by atoms with Gasteiger partial charge in [-0.2, -0.15) is 0 Å². The van der Waals surface area contributed by atoms with Gasteiger partial charge >= 0.3 is 0 Å². The van der Waals surface area contributed by atoms with Gasteiger partial charge in [0.15, 0.2) is 16.3 Å². The van der Waals surface area contributed by atoms with E-state index in [0.29, 0.717) is 23.2 Å². The first-order valence-electron chi connectivity index (χ1n) is 11.3. The van der Waals surface area contributed by atoms with Gasteiger partial charge in [0.1, 0.15) is 0 Å². The lowest BCUT2D eigenvalue weighted by atomic mass is 10.0. The van der Waals surface area contributed by atoms with E-state index < -0.39 is 0 Å². The second-order valence-corrected chi connectivity index (χ2v) is 9.23. The molecule has 6 nitrogen and oxygen atoms in total. The standard InChI is InChI=1S/C26H32N2O4S/c1-17(2)20-10-6-7-11-21(20)27-26-28(15-19-9-8-12-32-19)22(16-33-26)18-13-23(29-3)25(31-5)24(14-18)30-4/h6-7,10-11,13-14,16-17,19H,8-9,12,15H2,1-5H3. The first-order valence-corrected chi connectivity index (χ1v) is 12.2. The lowest BCUT2D eigenvalue weighted by Gasteiger charge is -2.17. The van der Waals surface area contributed by atoms with Gasteiger partial charge in [0.25, 0.3) is 0 Å². The van der Waals surface area contributed by atoms with Crippen LogP contribution in [-0.2, 0) is 11.3 Å². The van der Waals surface area contributed by atoms with E-state index in [2.05, 4.69) is 42.0 Å². The minimum atomic E-state index is 0.180. The molecule has 33 heavy (non-hydrogen) atoms. The number of ether oxygens (including phenoxy) is 4. The fourth-order valence-corrected chi connectivity index (χ4v) is 5.16. The van der Waals surface area contributed by atoms with Gasteiger partial charge in [-0.25, -0.2) is 4.99 Å². The van der Waals surface area contributed by atoms with Crippen molar-refractivity contribution in [2.24, 2.45) is 4.99 Å². The van der Waals surface area contributed by atoms with Crippen molar-refractivity contribution in [2.45, 2.75) is 45.3 Å². The van der Waals surface area contributed by atoms with E-state index in [-0.39, 0.29) is 6.10 Å². The molecule has 1 aliphatic heterocycles. The normalized spacial score (nSPS) is 16.4. The monoisotopic (exact) mass is 468 g/mol. The van der Waals surface area contributed by atoms with Gasteiger partial charge in [0.05, 0.1) is 45.4 Å². The molecule has 1 unspecified atom stereocenters. The molecular weight excluding hydrogens is 436 g/mol. The highest BCUT2D eigenvalue weighted by molar-refractivity contribution is 7.07.